The number of allylic oxidation sites excluding steroid dienone is 12. The minimum atomic E-state index is -4.64. The van der Waals surface area contributed by atoms with Crippen molar-refractivity contribution in [3.8, 4) is 0 Å². The van der Waals surface area contributed by atoms with Crippen LogP contribution in [0.1, 0.15) is 284 Å². The average Bonchev–Trinajstić information content (AvgIpc) is 3.38. The summed E-state index contributed by atoms with van der Waals surface area (Å²) in [5, 5.41) is 0. The van der Waals surface area contributed by atoms with Gasteiger partial charge in [0.15, 0.2) is 6.10 Å². The molecule has 0 heterocycles. The van der Waals surface area contributed by atoms with Gasteiger partial charge in [-0.2, -0.15) is 0 Å². The second-order valence-corrected chi connectivity index (χ2v) is 23.8. The van der Waals surface area contributed by atoms with Gasteiger partial charge >= 0.3 is 11.9 Å². The van der Waals surface area contributed by atoms with Gasteiger partial charge in [-0.05, 0) is 89.9 Å². The van der Waals surface area contributed by atoms with Crippen LogP contribution in [0.15, 0.2) is 72.9 Å². The Bertz CT molecular complexity index is 1510. The summed E-state index contributed by atoms with van der Waals surface area (Å²) in [5.41, 5.74) is 0. The molecule has 0 amide bonds. The largest absolute Gasteiger partial charge is 0.756 e. The van der Waals surface area contributed by atoms with E-state index in [9.17, 15) is 19.0 Å². The lowest BCUT2D eigenvalue weighted by atomic mass is 10.0. The quantitative estimate of drug-likeness (QED) is 0.0195. The molecule has 9 nitrogen and oxygen atoms in total. The summed E-state index contributed by atoms with van der Waals surface area (Å²) in [7, 11) is 1.16. The predicted octanol–water partition coefficient (Wildman–Crippen LogP) is 19.4. The van der Waals surface area contributed by atoms with Crippen LogP contribution in [0.5, 0.6) is 0 Å². The summed E-state index contributed by atoms with van der Waals surface area (Å²) >= 11 is 0. The first-order chi connectivity index (χ1) is 37.0. The predicted molar refractivity (Wildman–Crippen MR) is 323 cm³/mol. The van der Waals surface area contributed by atoms with Gasteiger partial charge in [0, 0.05) is 12.8 Å². The van der Waals surface area contributed by atoms with Crippen molar-refractivity contribution >= 4 is 19.8 Å². The van der Waals surface area contributed by atoms with Gasteiger partial charge < -0.3 is 27.9 Å². The number of hydrogen-bond donors (Lipinski definition) is 0. The Kier molecular flexibility index (Phi) is 55.2. The first-order valence-electron chi connectivity index (χ1n) is 31.6. The Labute approximate surface area is 469 Å². The number of carbonyl (C=O) groups is 2. The molecule has 0 aromatic carbocycles. The Morgan fingerprint density at radius 2 is 0.711 bits per heavy atom. The maximum absolute atomic E-state index is 12.8. The van der Waals surface area contributed by atoms with Crippen LogP contribution in [0.2, 0.25) is 0 Å². The van der Waals surface area contributed by atoms with Crippen molar-refractivity contribution in [2.45, 2.75) is 290 Å². The summed E-state index contributed by atoms with van der Waals surface area (Å²) in [5.74, 6) is -0.837. The first kappa shape index (κ1) is 73.5. The number of esters is 2. The smallest absolute Gasteiger partial charge is 0.306 e. The highest BCUT2D eigenvalue weighted by molar-refractivity contribution is 7.45. The van der Waals surface area contributed by atoms with Crippen molar-refractivity contribution in [1.82, 2.24) is 0 Å². The minimum absolute atomic E-state index is 0.0343. The molecule has 0 aromatic heterocycles. The van der Waals surface area contributed by atoms with Gasteiger partial charge in [-0.3, -0.25) is 14.2 Å². The second kappa shape index (κ2) is 57.1. The number of rotatable bonds is 58. The standard InChI is InChI=1S/C66H120NO8P/c1-6-8-10-12-14-16-18-20-22-24-26-28-30-31-32-33-34-35-37-39-41-43-45-47-49-51-53-55-57-59-66(69)75-64(63-74-76(70,71)73-61-60-67(3,4)5)62-72-65(68)58-56-54-52-50-48-46-44-42-40-38-36-29-27-25-23-21-19-17-15-13-11-9-7-2/h18-21,24-27,30-31,36,38,64H,6-17,22-23,28-29,32-35,37,39-63H2,1-5H3/b20-18-,21-19-,26-24-,27-25-,31-30-,38-36-. The summed E-state index contributed by atoms with van der Waals surface area (Å²) in [6.45, 7) is 4.23. The molecule has 0 aliphatic heterocycles. The van der Waals surface area contributed by atoms with E-state index in [2.05, 4.69) is 86.8 Å². The molecular formula is C66H120NO8P. The SMILES string of the molecule is CCCCCCC/C=C\C/C=C\C/C=C\CCCCCCCCCCCCCCCCC(=O)OC(COC(=O)CCCCCCCCCC/C=C\C/C=C\C/C=C\CCCCCCC)COP(=O)([O-])OCC[N+](C)(C)C. The molecule has 0 spiro atoms. The maximum Gasteiger partial charge on any atom is 0.306 e. The maximum atomic E-state index is 12.8. The third kappa shape index (κ3) is 60.7. The molecule has 0 saturated carbocycles. The van der Waals surface area contributed by atoms with Crippen LogP contribution < -0.4 is 4.89 Å². The number of likely N-dealkylation sites (N-methyl/N-ethyl adjacent to an activating group) is 1. The molecule has 10 heteroatoms. The van der Waals surface area contributed by atoms with E-state index in [-0.39, 0.29) is 32.0 Å². The Hall–Kier alpha value is -2.55. The molecule has 0 saturated heterocycles. The molecule has 0 fully saturated rings. The highest BCUT2D eigenvalue weighted by atomic mass is 31.2. The zero-order chi connectivity index (χ0) is 55.6. The summed E-state index contributed by atoms with van der Waals surface area (Å²) in [4.78, 5) is 38.0. The third-order valence-corrected chi connectivity index (χ3v) is 14.7. The summed E-state index contributed by atoms with van der Waals surface area (Å²) in [6, 6.07) is 0. The lowest BCUT2D eigenvalue weighted by Gasteiger charge is -2.28. The number of carbonyl (C=O) groups excluding carboxylic acids is 2. The van der Waals surface area contributed by atoms with Gasteiger partial charge in [0.2, 0.25) is 0 Å². The van der Waals surface area contributed by atoms with E-state index in [0.29, 0.717) is 17.4 Å². The van der Waals surface area contributed by atoms with Crippen LogP contribution in [-0.2, 0) is 32.7 Å². The number of nitrogens with zero attached hydrogens (tertiary/aromatic N) is 1. The molecule has 0 bridgehead atoms. The number of ether oxygens (including phenoxy) is 2. The Morgan fingerprint density at radius 3 is 1.05 bits per heavy atom. The lowest BCUT2D eigenvalue weighted by Crippen LogP contribution is -2.37. The lowest BCUT2D eigenvalue weighted by molar-refractivity contribution is -0.870. The molecule has 0 N–H and O–H groups in total. The molecule has 0 aliphatic rings. The van der Waals surface area contributed by atoms with Crippen molar-refractivity contribution in [2.24, 2.45) is 0 Å². The van der Waals surface area contributed by atoms with Crippen LogP contribution in [0.4, 0.5) is 0 Å². The molecule has 76 heavy (non-hydrogen) atoms. The van der Waals surface area contributed by atoms with Crippen LogP contribution >= 0.6 is 7.82 Å². The molecule has 0 aliphatic carbocycles. The Balaban J connectivity index is 4.13. The van der Waals surface area contributed by atoms with E-state index >= 15 is 0 Å². The highest BCUT2D eigenvalue weighted by Crippen LogP contribution is 2.38. The molecule has 442 valence electrons. The molecule has 2 atom stereocenters. The van der Waals surface area contributed by atoms with E-state index in [0.717, 1.165) is 77.0 Å². The Morgan fingerprint density at radius 1 is 0.408 bits per heavy atom. The summed E-state index contributed by atoms with van der Waals surface area (Å²) in [6.07, 6.45) is 75.2. The van der Waals surface area contributed by atoms with Crippen molar-refractivity contribution < 1.29 is 42.1 Å². The molecule has 2 unspecified atom stereocenters. The number of unbranched alkanes of at least 4 members (excludes halogenated alkanes) is 32. The topological polar surface area (TPSA) is 111 Å². The first-order valence-corrected chi connectivity index (χ1v) is 33.1. The number of phosphoric ester groups is 1. The van der Waals surface area contributed by atoms with Gasteiger partial charge in [0.05, 0.1) is 27.7 Å². The van der Waals surface area contributed by atoms with E-state index < -0.39 is 26.5 Å². The van der Waals surface area contributed by atoms with Crippen molar-refractivity contribution in [2.75, 3.05) is 47.5 Å². The van der Waals surface area contributed by atoms with Crippen LogP contribution in [-0.4, -0.2) is 70.0 Å². The van der Waals surface area contributed by atoms with Gasteiger partial charge in [-0.1, -0.05) is 254 Å². The van der Waals surface area contributed by atoms with E-state index in [1.54, 1.807) is 0 Å². The number of hydrogen-bond acceptors (Lipinski definition) is 8. The van der Waals surface area contributed by atoms with Crippen LogP contribution in [0.25, 0.3) is 0 Å². The van der Waals surface area contributed by atoms with Crippen LogP contribution in [0.3, 0.4) is 0 Å². The van der Waals surface area contributed by atoms with Gasteiger partial charge in [0.25, 0.3) is 7.82 Å². The normalized spacial score (nSPS) is 13.7. The van der Waals surface area contributed by atoms with E-state index in [1.165, 1.54) is 173 Å². The van der Waals surface area contributed by atoms with Crippen molar-refractivity contribution in [3.05, 3.63) is 72.9 Å². The molecular weight excluding hydrogens is 966 g/mol. The van der Waals surface area contributed by atoms with Gasteiger partial charge in [-0.15, -0.1) is 0 Å². The number of phosphoric acid groups is 1. The molecule has 0 aromatic rings. The van der Waals surface area contributed by atoms with Crippen molar-refractivity contribution in [1.29, 1.82) is 0 Å². The van der Waals surface area contributed by atoms with E-state index in [1.807, 2.05) is 21.1 Å². The zero-order valence-corrected chi connectivity index (χ0v) is 51.1. The zero-order valence-electron chi connectivity index (χ0n) is 50.2. The van der Waals surface area contributed by atoms with Gasteiger partial charge in [0.1, 0.15) is 19.8 Å². The fraction of sp³-hybridized carbons (Fsp3) is 0.788. The molecule has 0 radical (unpaired) electrons. The third-order valence-electron chi connectivity index (χ3n) is 13.7. The molecule has 0 rings (SSSR count). The second-order valence-electron chi connectivity index (χ2n) is 22.4. The fourth-order valence-electron chi connectivity index (χ4n) is 8.79. The monoisotopic (exact) mass is 1090 g/mol. The van der Waals surface area contributed by atoms with Crippen molar-refractivity contribution in [3.63, 3.8) is 0 Å². The van der Waals surface area contributed by atoms with E-state index in [4.69, 9.17) is 18.5 Å². The minimum Gasteiger partial charge on any atom is -0.756 e. The fourth-order valence-corrected chi connectivity index (χ4v) is 9.52. The van der Waals surface area contributed by atoms with Gasteiger partial charge in [-0.25, -0.2) is 0 Å². The number of quaternary nitrogens is 1. The average molecular weight is 1090 g/mol. The van der Waals surface area contributed by atoms with Crippen LogP contribution in [0, 0.1) is 0 Å². The highest BCUT2D eigenvalue weighted by Gasteiger charge is 2.22. The summed E-state index contributed by atoms with van der Waals surface area (Å²) < 4.78 is 34.2.